The molecule has 6 nitrogen and oxygen atoms in total. The van der Waals surface area contributed by atoms with Crippen LogP contribution in [0.15, 0.2) is 12.4 Å². The third-order valence-corrected chi connectivity index (χ3v) is 2.60. The standard InChI is InChI=1S/C13H21N5O/c1-3-15-13-10-16-12(9-17-13)11-18(6-4-5-14)7-8-19-2/h9-10H,3-4,6-8,11H2,1-2H3,(H,15,17). The van der Waals surface area contributed by atoms with Crippen molar-refractivity contribution >= 4 is 5.82 Å². The van der Waals surface area contributed by atoms with Crippen LogP contribution in [0.4, 0.5) is 5.82 Å². The Labute approximate surface area is 114 Å². The number of aromatic nitrogens is 2. The number of rotatable bonds is 9. The molecule has 0 aliphatic carbocycles. The Morgan fingerprint density at radius 2 is 2.21 bits per heavy atom. The van der Waals surface area contributed by atoms with Crippen molar-refractivity contribution in [1.29, 1.82) is 5.26 Å². The predicted molar refractivity (Wildman–Crippen MR) is 73.6 cm³/mol. The lowest BCUT2D eigenvalue weighted by Gasteiger charge is -2.20. The number of hydrogen-bond acceptors (Lipinski definition) is 6. The number of nitriles is 1. The SMILES string of the molecule is CCNc1cnc(CN(CCC#N)CCOC)cn1. The summed E-state index contributed by atoms with van der Waals surface area (Å²) in [6.07, 6.45) is 4.01. The average molecular weight is 263 g/mol. The van der Waals surface area contributed by atoms with E-state index in [9.17, 15) is 0 Å². The van der Waals surface area contributed by atoms with E-state index in [2.05, 4.69) is 26.3 Å². The molecule has 0 saturated carbocycles. The molecule has 1 aromatic heterocycles. The number of ether oxygens (including phenoxy) is 1. The number of nitrogens with zero attached hydrogens (tertiary/aromatic N) is 4. The van der Waals surface area contributed by atoms with Gasteiger partial charge in [-0.05, 0) is 6.92 Å². The van der Waals surface area contributed by atoms with Crippen LogP contribution in [-0.2, 0) is 11.3 Å². The second kappa shape index (κ2) is 9.25. The number of methoxy groups -OCH3 is 1. The summed E-state index contributed by atoms with van der Waals surface area (Å²) < 4.78 is 5.07. The van der Waals surface area contributed by atoms with Crippen LogP contribution in [0.1, 0.15) is 19.0 Å². The van der Waals surface area contributed by atoms with E-state index in [0.29, 0.717) is 19.6 Å². The molecule has 0 atom stereocenters. The molecule has 0 bridgehead atoms. The molecule has 0 amide bonds. The van der Waals surface area contributed by atoms with E-state index in [1.54, 1.807) is 19.5 Å². The van der Waals surface area contributed by atoms with Gasteiger partial charge in [0.15, 0.2) is 0 Å². The zero-order chi connectivity index (χ0) is 13.9. The van der Waals surface area contributed by atoms with Gasteiger partial charge >= 0.3 is 0 Å². The van der Waals surface area contributed by atoms with Crippen LogP contribution in [0.5, 0.6) is 0 Å². The van der Waals surface area contributed by atoms with Crippen LogP contribution in [0.25, 0.3) is 0 Å². The summed E-state index contributed by atoms with van der Waals surface area (Å²) >= 11 is 0. The molecule has 0 aromatic carbocycles. The number of anilines is 1. The largest absolute Gasteiger partial charge is 0.383 e. The molecule has 0 unspecified atom stereocenters. The maximum Gasteiger partial charge on any atom is 0.144 e. The summed E-state index contributed by atoms with van der Waals surface area (Å²) in [6, 6.07) is 2.16. The molecule has 6 heteroatoms. The molecule has 1 aromatic rings. The van der Waals surface area contributed by atoms with Crippen LogP contribution in [0.3, 0.4) is 0 Å². The van der Waals surface area contributed by atoms with Gasteiger partial charge in [0, 0.05) is 39.7 Å². The number of hydrogen-bond donors (Lipinski definition) is 1. The van der Waals surface area contributed by atoms with E-state index in [-0.39, 0.29) is 0 Å². The maximum atomic E-state index is 8.66. The molecule has 0 aliphatic heterocycles. The Morgan fingerprint density at radius 3 is 2.79 bits per heavy atom. The van der Waals surface area contributed by atoms with Crippen molar-refractivity contribution in [3.63, 3.8) is 0 Å². The molecule has 19 heavy (non-hydrogen) atoms. The lowest BCUT2D eigenvalue weighted by Crippen LogP contribution is -2.28. The second-order valence-corrected chi connectivity index (χ2v) is 4.10. The van der Waals surface area contributed by atoms with E-state index in [1.165, 1.54) is 0 Å². The first-order valence-corrected chi connectivity index (χ1v) is 6.43. The molecule has 0 radical (unpaired) electrons. The van der Waals surface area contributed by atoms with Gasteiger partial charge in [0.05, 0.1) is 30.8 Å². The minimum atomic E-state index is 0.507. The van der Waals surface area contributed by atoms with Gasteiger partial charge in [0.1, 0.15) is 5.82 Å². The molecule has 0 aliphatic rings. The van der Waals surface area contributed by atoms with Crippen LogP contribution in [-0.4, -0.2) is 48.2 Å². The summed E-state index contributed by atoms with van der Waals surface area (Å²) in [5.41, 5.74) is 0.899. The van der Waals surface area contributed by atoms with Crippen molar-refractivity contribution in [2.45, 2.75) is 19.9 Å². The fourth-order valence-electron chi connectivity index (χ4n) is 1.64. The molecule has 0 spiro atoms. The van der Waals surface area contributed by atoms with Gasteiger partial charge in [0.2, 0.25) is 0 Å². The van der Waals surface area contributed by atoms with Crippen LogP contribution in [0, 0.1) is 11.3 Å². The highest BCUT2D eigenvalue weighted by molar-refractivity contribution is 5.30. The minimum absolute atomic E-state index is 0.507. The Balaban J connectivity index is 2.54. The summed E-state index contributed by atoms with van der Waals surface area (Å²) in [6.45, 7) is 5.68. The van der Waals surface area contributed by atoms with Crippen LogP contribution >= 0.6 is 0 Å². The Kier molecular flexibility index (Phi) is 7.47. The van der Waals surface area contributed by atoms with Gasteiger partial charge in [-0.25, -0.2) is 4.98 Å². The van der Waals surface area contributed by atoms with Gasteiger partial charge in [-0.2, -0.15) is 5.26 Å². The Hall–Kier alpha value is -1.71. The van der Waals surface area contributed by atoms with Crippen LogP contribution < -0.4 is 5.32 Å². The van der Waals surface area contributed by atoms with E-state index < -0.39 is 0 Å². The van der Waals surface area contributed by atoms with Gasteiger partial charge in [-0.1, -0.05) is 0 Å². The summed E-state index contributed by atoms with van der Waals surface area (Å²) in [5.74, 6) is 0.784. The molecular formula is C13H21N5O. The van der Waals surface area contributed by atoms with Crippen molar-refractivity contribution in [1.82, 2.24) is 14.9 Å². The van der Waals surface area contributed by atoms with E-state index in [0.717, 1.165) is 31.1 Å². The van der Waals surface area contributed by atoms with E-state index >= 15 is 0 Å². The van der Waals surface area contributed by atoms with Crippen molar-refractivity contribution in [3.8, 4) is 6.07 Å². The lowest BCUT2D eigenvalue weighted by molar-refractivity contribution is 0.144. The van der Waals surface area contributed by atoms with Crippen molar-refractivity contribution in [2.24, 2.45) is 0 Å². The average Bonchev–Trinajstić information content (AvgIpc) is 2.44. The molecule has 1 N–H and O–H groups in total. The number of nitrogens with one attached hydrogen (secondary N) is 1. The van der Waals surface area contributed by atoms with Crippen molar-refractivity contribution in [2.75, 3.05) is 38.7 Å². The smallest absolute Gasteiger partial charge is 0.144 e. The minimum Gasteiger partial charge on any atom is -0.383 e. The first-order valence-electron chi connectivity index (χ1n) is 6.43. The fourth-order valence-corrected chi connectivity index (χ4v) is 1.64. The van der Waals surface area contributed by atoms with Gasteiger partial charge in [0.25, 0.3) is 0 Å². The predicted octanol–water partition coefficient (Wildman–Crippen LogP) is 1.27. The Bertz CT molecular complexity index is 387. The molecule has 1 heterocycles. The normalized spacial score (nSPS) is 10.4. The highest BCUT2D eigenvalue weighted by Gasteiger charge is 2.07. The molecule has 104 valence electrons. The van der Waals surface area contributed by atoms with Crippen molar-refractivity contribution in [3.05, 3.63) is 18.1 Å². The monoisotopic (exact) mass is 263 g/mol. The van der Waals surface area contributed by atoms with Crippen molar-refractivity contribution < 1.29 is 4.74 Å². The summed E-state index contributed by atoms with van der Waals surface area (Å²) in [5, 5.41) is 11.8. The van der Waals surface area contributed by atoms with Crippen LogP contribution in [0.2, 0.25) is 0 Å². The maximum absolute atomic E-state index is 8.66. The molecular weight excluding hydrogens is 242 g/mol. The zero-order valence-electron chi connectivity index (χ0n) is 11.6. The Morgan fingerprint density at radius 1 is 1.37 bits per heavy atom. The first kappa shape index (κ1) is 15.3. The topological polar surface area (TPSA) is 74.1 Å². The molecule has 0 saturated heterocycles. The van der Waals surface area contributed by atoms with Gasteiger partial charge in [-0.3, -0.25) is 9.88 Å². The first-order chi connectivity index (χ1) is 9.30. The van der Waals surface area contributed by atoms with E-state index in [1.807, 2.05) is 6.92 Å². The summed E-state index contributed by atoms with van der Waals surface area (Å²) in [7, 11) is 1.67. The van der Waals surface area contributed by atoms with E-state index in [4.69, 9.17) is 10.00 Å². The third-order valence-electron chi connectivity index (χ3n) is 2.60. The van der Waals surface area contributed by atoms with Gasteiger partial charge in [-0.15, -0.1) is 0 Å². The molecule has 1 rings (SSSR count). The highest BCUT2D eigenvalue weighted by atomic mass is 16.5. The third kappa shape index (κ3) is 6.13. The molecule has 0 fully saturated rings. The lowest BCUT2D eigenvalue weighted by atomic mass is 10.3. The zero-order valence-corrected chi connectivity index (χ0v) is 11.6. The second-order valence-electron chi connectivity index (χ2n) is 4.10. The van der Waals surface area contributed by atoms with Gasteiger partial charge < -0.3 is 10.1 Å². The summed E-state index contributed by atoms with van der Waals surface area (Å²) in [4.78, 5) is 10.8. The highest BCUT2D eigenvalue weighted by Crippen LogP contribution is 2.04. The quantitative estimate of drug-likeness (QED) is 0.723. The fraction of sp³-hybridized carbons (Fsp3) is 0.615.